The first-order valence-electron chi connectivity index (χ1n) is 8.62. The van der Waals surface area contributed by atoms with E-state index >= 15 is 0 Å². The van der Waals surface area contributed by atoms with Gasteiger partial charge in [-0.05, 0) is 56.6 Å². The number of halogens is 1. The van der Waals surface area contributed by atoms with Gasteiger partial charge in [0.2, 0.25) is 0 Å². The lowest BCUT2D eigenvalue weighted by molar-refractivity contribution is 0.328. The van der Waals surface area contributed by atoms with Crippen molar-refractivity contribution >= 4 is 22.5 Å². The number of anilines is 2. The molecule has 0 saturated carbocycles. The average molecular weight is 338 g/mol. The lowest BCUT2D eigenvalue weighted by atomic mass is 9.75. The number of nitrogens with one attached hydrogen (secondary N) is 2. The van der Waals surface area contributed by atoms with Crippen LogP contribution in [0.1, 0.15) is 24.1 Å². The van der Waals surface area contributed by atoms with Gasteiger partial charge in [-0.3, -0.25) is 5.10 Å². The summed E-state index contributed by atoms with van der Waals surface area (Å²) in [7, 11) is 0. The van der Waals surface area contributed by atoms with Crippen molar-refractivity contribution in [1.82, 2.24) is 25.5 Å². The second kappa shape index (κ2) is 5.23. The molecule has 1 saturated heterocycles. The molecule has 2 aliphatic rings. The highest BCUT2D eigenvalue weighted by atomic mass is 19.1. The molecule has 2 aromatic heterocycles. The van der Waals surface area contributed by atoms with Gasteiger partial charge in [0, 0.05) is 23.3 Å². The Hall–Kier alpha value is -2.54. The fourth-order valence-electron chi connectivity index (χ4n) is 4.35. The summed E-state index contributed by atoms with van der Waals surface area (Å²) in [5, 5.41) is 11.6. The Morgan fingerprint density at radius 2 is 2.04 bits per heavy atom. The van der Waals surface area contributed by atoms with Crippen molar-refractivity contribution in [3.05, 3.63) is 41.6 Å². The van der Waals surface area contributed by atoms with E-state index in [1.54, 1.807) is 12.4 Å². The third kappa shape index (κ3) is 2.08. The normalized spacial score (nSPS) is 18.9. The van der Waals surface area contributed by atoms with E-state index in [4.69, 9.17) is 0 Å². The summed E-state index contributed by atoms with van der Waals surface area (Å²) in [5.41, 5.74) is 3.72. The van der Waals surface area contributed by atoms with Gasteiger partial charge in [0.05, 0.1) is 5.39 Å². The Kier molecular flexibility index (Phi) is 3.09. The highest BCUT2D eigenvalue weighted by Gasteiger charge is 2.44. The maximum absolute atomic E-state index is 14.0. The summed E-state index contributed by atoms with van der Waals surface area (Å²) in [4.78, 5) is 11.0. The second-order valence-corrected chi connectivity index (χ2v) is 7.02. The predicted octanol–water partition coefficient (Wildman–Crippen LogP) is 2.57. The van der Waals surface area contributed by atoms with Gasteiger partial charge in [0.15, 0.2) is 5.65 Å². The average Bonchev–Trinajstić information content (AvgIpc) is 3.15. The quantitative estimate of drug-likeness (QED) is 0.714. The van der Waals surface area contributed by atoms with Crippen LogP contribution in [0.5, 0.6) is 0 Å². The molecule has 1 aromatic carbocycles. The van der Waals surface area contributed by atoms with E-state index in [9.17, 15) is 4.39 Å². The van der Waals surface area contributed by atoms with Crippen molar-refractivity contribution in [2.45, 2.75) is 25.2 Å². The largest absolute Gasteiger partial charge is 0.324 e. The number of nitrogens with zero attached hydrogens (tertiary/aromatic N) is 4. The summed E-state index contributed by atoms with van der Waals surface area (Å²) in [5.74, 6) is 0.672. The number of hydrogen-bond donors (Lipinski definition) is 2. The summed E-state index contributed by atoms with van der Waals surface area (Å²) in [6, 6.07) is 5.12. The third-order valence-corrected chi connectivity index (χ3v) is 5.61. The minimum Gasteiger partial charge on any atom is -0.324 e. The summed E-state index contributed by atoms with van der Waals surface area (Å²) in [6.07, 6.45) is 3.55. The fourth-order valence-corrected chi connectivity index (χ4v) is 4.35. The molecule has 3 aromatic rings. The van der Waals surface area contributed by atoms with Gasteiger partial charge in [-0.15, -0.1) is 0 Å². The Morgan fingerprint density at radius 3 is 2.88 bits per heavy atom. The minimum atomic E-state index is -0.175. The zero-order valence-electron chi connectivity index (χ0n) is 14.0. The number of aromatic nitrogens is 4. The summed E-state index contributed by atoms with van der Waals surface area (Å²) in [6.45, 7) is 4.69. The monoisotopic (exact) mass is 338 g/mol. The molecular weight excluding hydrogens is 319 g/mol. The topological polar surface area (TPSA) is 69.7 Å². The molecule has 0 amide bonds. The second-order valence-electron chi connectivity index (χ2n) is 7.02. The number of hydrogen-bond acceptors (Lipinski definition) is 5. The molecule has 0 unspecified atom stereocenters. The summed E-state index contributed by atoms with van der Waals surface area (Å²) < 4.78 is 14.0. The molecule has 0 atom stereocenters. The molecule has 4 heterocycles. The van der Waals surface area contributed by atoms with Crippen LogP contribution in [0, 0.1) is 12.7 Å². The highest BCUT2D eigenvalue weighted by Crippen LogP contribution is 2.49. The van der Waals surface area contributed by atoms with Gasteiger partial charge in [-0.1, -0.05) is 0 Å². The number of piperidine rings is 1. The van der Waals surface area contributed by atoms with Gasteiger partial charge < -0.3 is 10.2 Å². The van der Waals surface area contributed by atoms with Crippen LogP contribution in [-0.4, -0.2) is 39.8 Å². The Bertz CT molecular complexity index is 959. The fraction of sp³-hybridized carbons (Fsp3) is 0.389. The number of rotatable bonds is 1. The molecule has 5 rings (SSSR count). The van der Waals surface area contributed by atoms with Gasteiger partial charge in [-0.25, -0.2) is 14.4 Å². The maximum Gasteiger partial charge on any atom is 0.186 e. The van der Waals surface area contributed by atoms with Crippen molar-refractivity contribution < 1.29 is 4.39 Å². The molecule has 0 aliphatic carbocycles. The number of H-pyrrole nitrogens is 1. The molecule has 2 N–H and O–H groups in total. The number of aryl methyl sites for hydroxylation is 1. The first kappa shape index (κ1) is 14.8. The molecule has 7 heteroatoms. The Morgan fingerprint density at radius 1 is 1.20 bits per heavy atom. The molecule has 6 nitrogen and oxygen atoms in total. The maximum atomic E-state index is 14.0. The molecule has 2 aliphatic heterocycles. The molecular formula is C18H19FN6. The van der Waals surface area contributed by atoms with Crippen LogP contribution in [0.25, 0.3) is 11.0 Å². The molecule has 128 valence electrons. The Labute approximate surface area is 144 Å². The van der Waals surface area contributed by atoms with Crippen LogP contribution < -0.4 is 10.2 Å². The molecule has 0 bridgehead atoms. The number of fused-ring (bicyclic) bond motifs is 3. The third-order valence-electron chi connectivity index (χ3n) is 5.61. The standard InChI is InChI=1S/C18H19FN6/c1-11-15-16(24-23-11)21-10-22-17(15)25-9-18(4-6-20-7-5-18)13-8-12(19)2-3-14(13)25/h2-3,8,10,20H,4-7,9H2,1H3,(H,21,22,23,24). The zero-order valence-corrected chi connectivity index (χ0v) is 14.0. The minimum absolute atomic E-state index is 0.0302. The lowest BCUT2D eigenvalue weighted by Gasteiger charge is -2.34. The molecule has 1 spiro atoms. The van der Waals surface area contributed by atoms with E-state index in [-0.39, 0.29) is 11.2 Å². The molecule has 25 heavy (non-hydrogen) atoms. The van der Waals surface area contributed by atoms with E-state index in [1.807, 2.05) is 13.0 Å². The van der Waals surface area contributed by atoms with E-state index in [0.29, 0.717) is 5.65 Å². The first-order chi connectivity index (χ1) is 12.2. The number of aromatic amines is 1. The van der Waals surface area contributed by atoms with Crippen molar-refractivity contribution in [1.29, 1.82) is 0 Å². The van der Waals surface area contributed by atoms with Gasteiger partial charge in [0.25, 0.3) is 0 Å². The van der Waals surface area contributed by atoms with E-state index in [1.165, 1.54) is 6.07 Å². The smallest absolute Gasteiger partial charge is 0.186 e. The van der Waals surface area contributed by atoms with Gasteiger partial charge >= 0.3 is 0 Å². The van der Waals surface area contributed by atoms with Gasteiger partial charge in [-0.2, -0.15) is 5.10 Å². The van der Waals surface area contributed by atoms with E-state index < -0.39 is 0 Å². The van der Waals surface area contributed by atoms with Gasteiger partial charge in [0.1, 0.15) is 18.0 Å². The van der Waals surface area contributed by atoms with E-state index in [0.717, 1.165) is 60.6 Å². The van der Waals surface area contributed by atoms with Crippen LogP contribution in [0.4, 0.5) is 15.9 Å². The SMILES string of the molecule is Cc1[nH]nc2ncnc(N3CC4(CCNCC4)c4cc(F)ccc43)c12. The molecule has 0 radical (unpaired) electrons. The van der Waals surface area contributed by atoms with Crippen LogP contribution in [0.2, 0.25) is 0 Å². The van der Waals surface area contributed by atoms with Crippen molar-refractivity contribution in [2.24, 2.45) is 0 Å². The Balaban J connectivity index is 1.72. The van der Waals surface area contributed by atoms with Crippen molar-refractivity contribution in [2.75, 3.05) is 24.5 Å². The van der Waals surface area contributed by atoms with Crippen LogP contribution in [0.15, 0.2) is 24.5 Å². The van der Waals surface area contributed by atoms with Crippen molar-refractivity contribution in [3.8, 4) is 0 Å². The molecule has 1 fully saturated rings. The van der Waals surface area contributed by atoms with Crippen LogP contribution in [-0.2, 0) is 5.41 Å². The summed E-state index contributed by atoms with van der Waals surface area (Å²) >= 11 is 0. The number of benzene rings is 1. The lowest BCUT2D eigenvalue weighted by Crippen LogP contribution is -2.42. The van der Waals surface area contributed by atoms with E-state index in [2.05, 4.69) is 30.4 Å². The first-order valence-corrected chi connectivity index (χ1v) is 8.62. The predicted molar refractivity (Wildman–Crippen MR) is 93.6 cm³/mol. The van der Waals surface area contributed by atoms with Crippen LogP contribution >= 0.6 is 0 Å². The van der Waals surface area contributed by atoms with Crippen LogP contribution in [0.3, 0.4) is 0 Å². The highest BCUT2D eigenvalue weighted by molar-refractivity contribution is 5.92. The van der Waals surface area contributed by atoms with Crippen molar-refractivity contribution in [3.63, 3.8) is 0 Å². The zero-order chi connectivity index (χ0) is 17.0.